The van der Waals surface area contributed by atoms with Crippen LogP contribution in [0.3, 0.4) is 0 Å². The average molecular weight is 295 g/mol. The van der Waals surface area contributed by atoms with E-state index in [0.717, 1.165) is 12.0 Å². The third-order valence-corrected chi connectivity index (χ3v) is 5.70. The fourth-order valence-electron chi connectivity index (χ4n) is 2.51. The Morgan fingerprint density at radius 3 is 2.55 bits per heavy atom. The minimum atomic E-state index is -3.41. The minimum absolute atomic E-state index is 0.169. The SMILES string of the molecule is CCC(=O)CC1CCN(S(=O)(=O)c2ccc(C)cc2)C1. The van der Waals surface area contributed by atoms with Gasteiger partial charge in [0.1, 0.15) is 5.78 Å². The second kappa shape index (κ2) is 6.06. The zero-order chi connectivity index (χ0) is 14.8. The molecule has 1 unspecified atom stereocenters. The van der Waals surface area contributed by atoms with E-state index in [2.05, 4.69) is 0 Å². The molecule has 1 aliphatic rings. The maximum absolute atomic E-state index is 12.5. The van der Waals surface area contributed by atoms with Gasteiger partial charge in [0.05, 0.1) is 4.90 Å². The second-order valence-electron chi connectivity index (χ2n) is 5.43. The molecule has 2 rings (SSSR count). The van der Waals surface area contributed by atoms with Crippen LogP contribution in [0.2, 0.25) is 0 Å². The molecule has 0 N–H and O–H groups in total. The molecule has 1 aromatic rings. The van der Waals surface area contributed by atoms with Gasteiger partial charge in [-0.2, -0.15) is 4.31 Å². The van der Waals surface area contributed by atoms with Crippen molar-refractivity contribution in [2.75, 3.05) is 13.1 Å². The van der Waals surface area contributed by atoms with Crippen LogP contribution in [0.15, 0.2) is 29.2 Å². The zero-order valence-corrected chi connectivity index (χ0v) is 12.8. The van der Waals surface area contributed by atoms with Crippen LogP contribution >= 0.6 is 0 Å². The van der Waals surface area contributed by atoms with Gasteiger partial charge in [-0.1, -0.05) is 24.6 Å². The Morgan fingerprint density at radius 1 is 1.30 bits per heavy atom. The topological polar surface area (TPSA) is 54.5 Å². The number of ketones is 1. The summed E-state index contributed by atoms with van der Waals surface area (Å²) in [5.74, 6) is 0.382. The van der Waals surface area contributed by atoms with Crippen molar-refractivity contribution in [3.8, 4) is 0 Å². The molecule has 1 fully saturated rings. The molecule has 0 spiro atoms. The van der Waals surface area contributed by atoms with Gasteiger partial charge in [-0.15, -0.1) is 0 Å². The van der Waals surface area contributed by atoms with Gasteiger partial charge in [0.2, 0.25) is 10.0 Å². The fourth-order valence-corrected chi connectivity index (χ4v) is 4.04. The summed E-state index contributed by atoms with van der Waals surface area (Å²) in [7, 11) is -3.41. The van der Waals surface area contributed by atoms with Gasteiger partial charge in [-0.05, 0) is 31.4 Å². The van der Waals surface area contributed by atoms with Crippen molar-refractivity contribution in [1.29, 1.82) is 0 Å². The lowest BCUT2D eigenvalue weighted by molar-refractivity contribution is -0.119. The first-order chi connectivity index (χ1) is 9.43. The zero-order valence-electron chi connectivity index (χ0n) is 12.0. The number of Topliss-reactive ketones (excluding diaryl/α,β-unsaturated/α-hetero) is 1. The lowest BCUT2D eigenvalue weighted by Crippen LogP contribution is -2.29. The molecule has 1 aliphatic heterocycles. The molecule has 0 aliphatic carbocycles. The van der Waals surface area contributed by atoms with Crippen molar-refractivity contribution in [3.05, 3.63) is 29.8 Å². The predicted octanol–water partition coefficient (Wildman–Crippen LogP) is 2.37. The van der Waals surface area contributed by atoms with Crippen molar-refractivity contribution in [1.82, 2.24) is 4.31 Å². The largest absolute Gasteiger partial charge is 0.300 e. The molecule has 110 valence electrons. The van der Waals surface area contributed by atoms with E-state index in [4.69, 9.17) is 0 Å². The number of rotatable bonds is 5. The summed E-state index contributed by atoms with van der Waals surface area (Å²) in [5.41, 5.74) is 1.04. The molecule has 1 atom stereocenters. The van der Waals surface area contributed by atoms with Crippen molar-refractivity contribution >= 4 is 15.8 Å². The lowest BCUT2D eigenvalue weighted by Gasteiger charge is -2.16. The number of sulfonamides is 1. The molecule has 20 heavy (non-hydrogen) atoms. The van der Waals surface area contributed by atoms with Gasteiger partial charge < -0.3 is 0 Å². The maximum Gasteiger partial charge on any atom is 0.243 e. The van der Waals surface area contributed by atoms with Crippen LogP contribution in [0, 0.1) is 12.8 Å². The maximum atomic E-state index is 12.5. The van der Waals surface area contributed by atoms with E-state index < -0.39 is 10.0 Å². The van der Waals surface area contributed by atoms with Gasteiger partial charge in [0.15, 0.2) is 0 Å². The van der Waals surface area contributed by atoms with Gasteiger partial charge >= 0.3 is 0 Å². The van der Waals surface area contributed by atoms with Crippen molar-refractivity contribution < 1.29 is 13.2 Å². The van der Waals surface area contributed by atoms with E-state index >= 15 is 0 Å². The Kier molecular flexibility index (Phi) is 4.60. The molecule has 0 bridgehead atoms. The van der Waals surface area contributed by atoms with E-state index in [0.29, 0.717) is 30.8 Å². The summed E-state index contributed by atoms with van der Waals surface area (Å²) in [6.45, 7) is 4.75. The number of benzene rings is 1. The summed E-state index contributed by atoms with van der Waals surface area (Å²) in [5, 5.41) is 0. The quantitative estimate of drug-likeness (QED) is 0.838. The molecule has 1 aromatic carbocycles. The molecular weight excluding hydrogens is 274 g/mol. The Morgan fingerprint density at radius 2 is 1.95 bits per heavy atom. The Bertz CT molecular complexity index is 578. The molecule has 0 saturated carbocycles. The normalized spacial score (nSPS) is 20.2. The van der Waals surface area contributed by atoms with Crippen molar-refractivity contribution in [2.24, 2.45) is 5.92 Å². The lowest BCUT2D eigenvalue weighted by atomic mass is 10.0. The number of carbonyl (C=O) groups excluding carboxylic acids is 1. The molecule has 4 nitrogen and oxygen atoms in total. The van der Waals surface area contributed by atoms with Crippen molar-refractivity contribution in [3.63, 3.8) is 0 Å². The first-order valence-electron chi connectivity index (χ1n) is 7.02. The highest BCUT2D eigenvalue weighted by Gasteiger charge is 2.32. The van der Waals surface area contributed by atoms with Crippen LogP contribution in [-0.4, -0.2) is 31.6 Å². The van der Waals surface area contributed by atoms with Crippen molar-refractivity contribution in [2.45, 2.75) is 38.0 Å². The van der Waals surface area contributed by atoms with Crippen LogP contribution in [0.4, 0.5) is 0 Å². The molecular formula is C15H21NO3S. The van der Waals surface area contributed by atoms with E-state index in [9.17, 15) is 13.2 Å². The first kappa shape index (κ1) is 15.2. The minimum Gasteiger partial charge on any atom is -0.300 e. The van der Waals surface area contributed by atoms with Crippen LogP contribution < -0.4 is 0 Å². The number of nitrogens with zero attached hydrogens (tertiary/aromatic N) is 1. The summed E-state index contributed by atoms with van der Waals surface area (Å²) >= 11 is 0. The number of carbonyl (C=O) groups is 1. The second-order valence-corrected chi connectivity index (χ2v) is 7.37. The summed E-state index contributed by atoms with van der Waals surface area (Å²) in [6, 6.07) is 6.91. The average Bonchev–Trinajstić information content (AvgIpc) is 2.88. The number of aryl methyl sites for hydroxylation is 1. The van der Waals surface area contributed by atoms with E-state index in [1.165, 1.54) is 4.31 Å². The third-order valence-electron chi connectivity index (χ3n) is 3.82. The van der Waals surface area contributed by atoms with E-state index in [1.807, 2.05) is 13.8 Å². The molecule has 0 radical (unpaired) electrons. The highest BCUT2D eigenvalue weighted by molar-refractivity contribution is 7.89. The highest BCUT2D eigenvalue weighted by Crippen LogP contribution is 2.26. The number of hydrogen-bond acceptors (Lipinski definition) is 3. The summed E-state index contributed by atoms with van der Waals surface area (Å²) in [6.07, 6.45) is 1.80. The standard InChI is InChI=1S/C15H21NO3S/c1-3-14(17)10-13-8-9-16(11-13)20(18,19)15-6-4-12(2)5-7-15/h4-7,13H,3,8-11H2,1-2H3. The van der Waals surface area contributed by atoms with Gasteiger partial charge in [0.25, 0.3) is 0 Å². The van der Waals surface area contributed by atoms with Crippen LogP contribution in [0.5, 0.6) is 0 Å². The fraction of sp³-hybridized carbons (Fsp3) is 0.533. The Balaban J connectivity index is 2.08. The molecule has 1 saturated heterocycles. The van der Waals surface area contributed by atoms with Gasteiger partial charge in [-0.25, -0.2) is 8.42 Å². The van der Waals surface area contributed by atoms with Crippen LogP contribution in [0.25, 0.3) is 0 Å². The summed E-state index contributed by atoms with van der Waals surface area (Å²) in [4.78, 5) is 11.8. The van der Waals surface area contributed by atoms with E-state index in [1.54, 1.807) is 24.3 Å². The third kappa shape index (κ3) is 3.27. The van der Waals surface area contributed by atoms with Crippen LogP contribution in [0.1, 0.15) is 31.7 Å². The number of hydrogen-bond donors (Lipinski definition) is 0. The van der Waals surface area contributed by atoms with Crippen LogP contribution in [-0.2, 0) is 14.8 Å². The van der Waals surface area contributed by atoms with Gasteiger partial charge in [-0.3, -0.25) is 4.79 Å². The Labute approximate surface area is 120 Å². The predicted molar refractivity (Wildman–Crippen MR) is 78.0 cm³/mol. The van der Waals surface area contributed by atoms with Gasteiger partial charge in [0, 0.05) is 25.9 Å². The summed E-state index contributed by atoms with van der Waals surface area (Å²) < 4.78 is 26.5. The monoisotopic (exact) mass is 295 g/mol. The molecule has 1 heterocycles. The highest BCUT2D eigenvalue weighted by atomic mass is 32.2. The van der Waals surface area contributed by atoms with E-state index in [-0.39, 0.29) is 11.7 Å². The smallest absolute Gasteiger partial charge is 0.243 e. The molecule has 0 amide bonds. The first-order valence-corrected chi connectivity index (χ1v) is 8.46. The molecule has 5 heteroatoms. The molecule has 0 aromatic heterocycles. The Hall–Kier alpha value is -1.20.